The summed E-state index contributed by atoms with van der Waals surface area (Å²) in [6, 6.07) is 3.59. The highest BCUT2D eigenvalue weighted by Gasteiger charge is 2.25. The minimum atomic E-state index is -0.240. The monoisotopic (exact) mass is 218 g/mol. The first-order valence-corrected chi connectivity index (χ1v) is 5.37. The van der Waals surface area contributed by atoms with Crippen molar-refractivity contribution in [2.45, 2.75) is 19.4 Å². The second-order valence-electron chi connectivity index (χ2n) is 4.13. The molecule has 0 spiro atoms. The maximum atomic E-state index is 9.62. The van der Waals surface area contributed by atoms with Gasteiger partial charge >= 0.3 is 0 Å². The topological polar surface area (TPSA) is 73.0 Å². The molecule has 1 aromatic heterocycles. The molecule has 1 saturated heterocycles. The highest BCUT2D eigenvalue weighted by molar-refractivity contribution is 5.34. The van der Waals surface area contributed by atoms with Crippen molar-refractivity contribution in [2.24, 2.45) is 5.92 Å². The number of aliphatic hydroxyl groups is 1. The van der Waals surface area contributed by atoms with Gasteiger partial charge in [-0.05, 0) is 18.4 Å². The maximum absolute atomic E-state index is 9.62. The standard InChI is InChI=1S/C11H14N4O/c1-8-7-15(5-3-10(8)16)11-13-4-2-9(6-12)14-11/h2,4,8,10,16H,3,5,7H2,1H3. The largest absolute Gasteiger partial charge is 0.393 e. The smallest absolute Gasteiger partial charge is 0.226 e. The van der Waals surface area contributed by atoms with E-state index in [1.807, 2.05) is 17.9 Å². The molecule has 2 atom stereocenters. The van der Waals surface area contributed by atoms with Crippen LogP contribution in [0.25, 0.3) is 0 Å². The molecule has 84 valence electrons. The minimum Gasteiger partial charge on any atom is -0.393 e. The Kier molecular flexibility index (Phi) is 3.02. The number of aromatic nitrogens is 2. The van der Waals surface area contributed by atoms with E-state index in [4.69, 9.17) is 5.26 Å². The number of nitrogens with zero attached hydrogens (tertiary/aromatic N) is 4. The summed E-state index contributed by atoms with van der Waals surface area (Å²) in [5.74, 6) is 0.792. The molecule has 0 aliphatic carbocycles. The molecule has 1 aromatic rings. The van der Waals surface area contributed by atoms with Gasteiger partial charge in [0.15, 0.2) is 0 Å². The number of nitriles is 1. The minimum absolute atomic E-state index is 0.211. The fourth-order valence-electron chi connectivity index (χ4n) is 1.88. The second kappa shape index (κ2) is 4.45. The van der Waals surface area contributed by atoms with E-state index in [-0.39, 0.29) is 12.0 Å². The molecule has 1 aliphatic rings. The summed E-state index contributed by atoms with van der Waals surface area (Å²) < 4.78 is 0. The Hall–Kier alpha value is -1.67. The summed E-state index contributed by atoms with van der Waals surface area (Å²) in [4.78, 5) is 10.3. The summed E-state index contributed by atoms with van der Waals surface area (Å²) in [5, 5.41) is 18.4. The van der Waals surface area contributed by atoms with Gasteiger partial charge in [0, 0.05) is 19.3 Å². The fraction of sp³-hybridized carbons (Fsp3) is 0.545. The molecule has 1 fully saturated rings. The Bertz CT molecular complexity index is 415. The number of hydrogen-bond acceptors (Lipinski definition) is 5. The van der Waals surface area contributed by atoms with Crippen molar-refractivity contribution in [3.63, 3.8) is 0 Å². The average Bonchev–Trinajstić information content (AvgIpc) is 2.33. The molecule has 0 bridgehead atoms. The predicted octanol–water partition coefficient (Wildman–Crippen LogP) is 0.555. The van der Waals surface area contributed by atoms with Gasteiger partial charge in [-0.3, -0.25) is 0 Å². The van der Waals surface area contributed by atoms with E-state index in [1.54, 1.807) is 12.3 Å². The van der Waals surface area contributed by atoms with Crippen molar-refractivity contribution in [1.29, 1.82) is 5.26 Å². The van der Waals surface area contributed by atoms with Crippen molar-refractivity contribution in [3.8, 4) is 6.07 Å². The van der Waals surface area contributed by atoms with Crippen LogP contribution in [0.4, 0.5) is 5.95 Å². The third-order valence-electron chi connectivity index (χ3n) is 2.90. The molecule has 0 aromatic carbocycles. The Morgan fingerprint density at radius 1 is 1.62 bits per heavy atom. The van der Waals surface area contributed by atoms with Crippen LogP contribution in [0.2, 0.25) is 0 Å². The normalized spacial score (nSPS) is 25.2. The third-order valence-corrected chi connectivity index (χ3v) is 2.90. The second-order valence-corrected chi connectivity index (χ2v) is 4.13. The van der Waals surface area contributed by atoms with Gasteiger partial charge in [-0.25, -0.2) is 9.97 Å². The van der Waals surface area contributed by atoms with Crippen LogP contribution in [0.1, 0.15) is 19.0 Å². The van der Waals surface area contributed by atoms with Crippen LogP contribution < -0.4 is 4.90 Å². The van der Waals surface area contributed by atoms with E-state index in [9.17, 15) is 5.11 Å². The average molecular weight is 218 g/mol. The lowest BCUT2D eigenvalue weighted by molar-refractivity contribution is 0.0966. The Labute approximate surface area is 94.4 Å². The first-order valence-electron chi connectivity index (χ1n) is 5.37. The van der Waals surface area contributed by atoms with E-state index < -0.39 is 0 Å². The van der Waals surface area contributed by atoms with Gasteiger partial charge in [-0.1, -0.05) is 6.92 Å². The van der Waals surface area contributed by atoms with Gasteiger partial charge in [0.25, 0.3) is 0 Å². The SMILES string of the molecule is CC1CN(c2nccc(C#N)n2)CCC1O. The first-order chi connectivity index (χ1) is 7.70. The van der Waals surface area contributed by atoms with Gasteiger partial charge in [0.2, 0.25) is 5.95 Å². The van der Waals surface area contributed by atoms with Gasteiger partial charge in [-0.15, -0.1) is 0 Å². The predicted molar refractivity (Wildman–Crippen MR) is 58.7 cm³/mol. The van der Waals surface area contributed by atoms with Crippen molar-refractivity contribution in [1.82, 2.24) is 9.97 Å². The highest BCUT2D eigenvalue weighted by Crippen LogP contribution is 2.20. The molecule has 2 rings (SSSR count). The summed E-state index contributed by atoms with van der Waals surface area (Å²) in [6.45, 7) is 3.47. The Morgan fingerprint density at radius 3 is 3.12 bits per heavy atom. The lowest BCUT2D eigenvalue weighted by Gasteiger charge is -2.34. The van der Waals surface area contributed by atoms with Crippen molar-refractivity contribution < 1.29 is 5.11 Å². The summed E-state index contributed by atoms with van der Waals surface area (Å²) in [7, 11) is 0. The van der Waals surface area contributed by atoms with Crippen LogP contribution in [-0.2, 0) is 0 Å². The Balaban J connectivity index is 2.16. The molecule has 16 heavy (non-hydrogen) atoms. The van der Waals surface area contributed by atoms with Crippen LogP contribution >= 0.6 is 0 Å². The summed E-state index contributed by atoms with van der Waals surface area (Å²) >= 11 is 0. The number of rotatable bonds is 1. The van der Waals surface area contributed by atoms with Gasteiger partial charge in [-0.2, -0.15) is 5.26 Å². The molecule has 0 saturated carbocycles. The number of hydrogen-bond donors (Lipinski definition) is 1. The zero-order valence-corrected chi connectivity index (χ0v) is 9.17. The molecule has 0 radical (unpaired) electrons. The number of piperidine rings is 1. The van der Waals surface area contributed by atoms with Gasteiger partial charge in [0.05, 0.1) is 6.10 Å². The van der Waals surface area contributed by atoms with E-state index in [2.05, 4.69) is 9.97 Å². The molecule has 1 aliphatic heterocycles. The number of anilines is 1. The van der Waals surface area contributed by atoms with Crippen molar-refractivity contribution in [2.75, 3.05) is 18.0 Å². The summed E-state index contributed by atoms with van der Waals surface area (Å²) in [6.07, 6.45) is 2.08. The lowest BCUT2D eigenvalue weighted by atomic mass is 9.97. The van der Waals surface area contributed by atoms with Crippen LogP contribution in [0.15, 0.2) is 12.3 Å². The zero-order valence-electron chi connectivity index (χ0n) is 9.17. The molecule has 2 heterocycles. The van der Waals surface area contributed by atoms with Crippen molar-refractivity contribution in [3.05, 3.63) is 18.0 Å². The van der Waals surface area contributed by atoms with Crippen molar-refractivity contribution >= 4 is 5.95 Å². The van der Waals surface area contributed by atoms with E-state index >= 15 is 0 Å². The fourth-order valence-corrected chi connectivity index (χ4v) is 1.88. The van der Waals surface area contributed by atoms with Gasteiger partial charge < -0.3 is 10.0 Å². The lowest BCUT2D eigenvalue weighted by Crippen LogP contribution is -2.42. The first kappa shape index (κ1) is 10.8. The molecule has 5 heteroatoms. The maximum Gasteiger partial charge on any atom is 0.226 e. The number of aliphatic hydroxyl groups excluding tert-OH is 1. The van der Waals surface area contributed by atoms with E-state index in [1.165, 1.54) is 0 Å². The summed E-state index contributed by atoms with van der Waals surface area (Å²) in [5.41, 5.74) is 0.378. The van der Waals surface area contributed by atoms with Crippen LogP contribution in [0.3, 0.4) is 0 Å². The molecule has 1 N–H and O–H groups in total. The molecular weight excluding hydrogens is 204 g/mol. The van der Waals surface area contributed by atoms with E-state index in [0.29, 0.717) is 11.6 Å². The van der Waals surface area contributed by atoms with Crippen LogP contribution in [0, 0.1) is 17.2 Å². The quantitative estimate of drug-likeness (QED) is 0.745. The molecule has 2 unspecified atom stereocenters. The van der Waals surface area contributed by atoms with Gasteiger partial charge in [0.1, 0.15) is 11.8 Å². The van der Waals surface area contributed by atoms with Crippen LogP contribution in [0.5, 0.6) is 0 Å². The zero-order chi connectivity index (χ0) is 11.5. The third kappa shape index (κ3) is 2.12. The molecule has 0 amide bonds. The van der Waals surface area contributed by atoms with Crippen LogP contribution in [-0.4, -0.2) is 34.3 Å². The Morgan fingerprint density at radius 2 is 2.44 bits per heavy atom. The highest BCUT2D eigenvalue weighted by atomic mass is 16.3. The molecule has 5 nitrogen and oxygen atoms in total. The molecular formula is C11H14N4O. The van der Waals surface area contributed by atoms with E-state index in [0.717, 1.165) is 19.5 Å².